The quantitative estimate of drug-likeness (QED) is 0.721. The number of hydrogen-bond donors (Lipinski definition) is 2. The predicted molar refractivity (Wildman–Crippen MR) is 109 cm³/mol. The van der Waals surface area contributed by atoms with E-state index in [4.69, 9.17) is 9.47 Å². The number of benzene rings is 1. The number of nitrogens with zero attached hydrogens (tertiary/aromatic N) is 2. The minimum absolute atomic E-state index is 0.0784. The normalized spacial score (nSPS) is 31.7. The number of anilines is 2. The number of fused-ring (bicyclic) bond motifs is 2. The summed E-state index contributed by atoms with van der Waals surface area (Å²) in [5.41, 5.74) is 0.657. The first-order chi connectivity index (χ1) is 13.6. The fourth-order valence-corrected chi connectivity index (χ4v) is 7.97. The van der Waals surface area contributed by atoms with Crippen molar-refractivity contribution in [3.8, 4) is 0 Å². The molecule has 158 valence electrons. The Morgan fingerprint density at radius 1 is 1.31 bits per heavy atom. The first-order valence-corrected chi connectivity index (χ1v) is 13.0. The van der Waals surface area contributed by atoms with E-state index in [2.05, 4.69) is 0 Å². The van der Waals surface area contributed by atoms with Gasteiger partial charge in [-0.1, -0.05) is 6.92 Å². The van der Waals surface area contributed by atoms with E-state index in [9.17, 15) is 19.5 Å². The average molecular weight is 421 g/mol. The van der Waals surface area contributed by atoms with Crippen LogP contribution in [0.25, 0.3) is 0 Å². The lowest BCUT2D eigenvalue weighted by Crippen LogP contribution is -2.45. The van der Waals surface area contributed by atoms with Crippen molar-refractivity contribution in [3.63, 3.8) is 0 Å². The molecule has 3 aliphatic rings. The van der Waals surface area contributed by atoms with E-state index in [1.807, 2.05) is 32.2 Å². The maximum absolute atomic E-state index is 13.5. The van der Waals surface area contributed by atoms with Crippen molar-refractivity contribution < 1.29 is 29.0 Å². The van der Waals surface area contributed by atoms with Crippen molar-refractivity contribution in [1.82, 2.24) is 0 Å². The minimum Gasteiger partial charge on any atom is -0.447 e. The fourth-order valence-electron chi connectivity index (χ4n) is 5.36. The second kappa shape index (κ2) is 6.80. The van der Waals surface area contributed by atoms with E-state index in [1.165, 1.54) is 0 Å². The van der Waals surface area contributed by atoms with E-state index in [1.54, 1.807) is 22.9 Å². The maximum atomic E-state index is 13.5. The summed E-state index contributed by atoms with van der Waals surface area (Å²) in [7, 11) is -0.982. The van der Waals surface area contributed by atoms with E-state index < -0.39 is 26.1 Å². The Labute approximate surface area is 171 Å². The molecule has 0 bridgehead atoms. The molecule has 4 atom stereocenters. The minimum atomic E-state index is -2.70. The predicted octanol–water partition coefficient (Wildman–Crippen LogP) is 1.80. The van der Waals surface area contributed by atoms with E-state index in [0.717, 1.165) is 5.69 Å². The van der Waals surface area contributed by atoms with E-state index >= 15 is 0 Å². The van der Waals surface area contributed by atoms with Crippen LogP contribution in [0.15, 0.2) is 18.2 Å². The zero-order valence-electron chi connectivity index (χ0n) is 17.2. The molecule has 0 aliphatic carbocycles. The van der Waals surface area contributed by atoms with Crippen LogP contribution in [-0.2, 0) is 19.9 Å². The monoisotopic (exact) mass is 420 g/mol. The van der Waals surface area contributed by atoms with Gasteiger partial charge in [0, 0.05) is 36.4 Å². The molecule has 0 aromatic heterocycles. The third-order valence-corrected chi connectivity index (χ3v) is 9.09. The number of aliphatic hydroxyl groups is 1. The molecule has 3 heterocycles. The van der Waals surface area contributed by atoms with Gasteiger partial charge in [-0.25, -0.2) is 4.79 Å². The standard InChI is InChI=1S/C20H28N2O6Si/c1-12-17(29(3,4)26)16(7-9-23)28-20(12)14-11-13(22-8-10-27-19(22)25)5-6-15(14)21(2)18(20)24/h5-6,11-12,16-17,23,26H,7-10H2,1-4H3/t12-,16+,17-,20+/m1/s1. The molecule has 1 spiro atoms. The second-order valence-electron chi connectivity index (χ2n) is 8.70. The van der Waals surface area contributed by atoms with Crippen LogP contribution < -0.4 is 9.80 Å². The van der Waals surface area contributed by atoms with Crippen LogP contribution in [0.4, 0.5) is 16.2 Å². The van der Waals surface area contributed by atoms with Crippen molar-refractivity contribution in [2.75, 3.05) is 36.6 Å². The molecule has 2 N–H and O–H groups in total. The highest BCUT2D eigenvalue weighted by Gasteiger charge is 2.65. The average Bonchev–Trinajstić information content (AvgIpc) is 3.26. The lowest BCUT2D eigenvalue weighted by atomic mass is 9.82. The molecular formula is C20H28N2O6Si. The molecular weight excluding hydrogens is 392 g/mol. The Hall–Kier alpha value is -1.94. The van der Waals surface area contributed by atoms with Crippen molar-refractivity contribution in [1.29, 1.82) is 0 Å². The molecule has 0 saturated carbocycles. The molecule has 3 aliphatic heterocycles. The van der Waals surface area contributed by atoms with Crippen molar-refractivity contribution in [3.05, 3.63) is 23.8 Å². The molecule has 1 aromatic rings. The summed E-state index contributed by atoms with van der Waals surface area (Å²) in [5.74, 6) is -0.451. The molecule has 8 nitrogen and oxygen atoms in total. The Bertz CT molecular complexity index is 856. The summed E-state index contributed by atoms with van der Waals surface area (Å²) in [5, 5.41) is 9.56. The molecule has 0 unspecified atom stereocenters. The largest absolute Gasteiger partial charge is 0.447 e. The lowest BCUT2D eigenvalue weighted by Gasteiger charge is -2.32. The van der Waals surface area contributed by atoms with Gasteiger partial charge < -0.3 is 24.3 Å². The van der Waals surface area contributed by atoms with Gasteiger partial charge in [0.2, 0.25) is 0 Å². The van der Waals surface area contributed by atoms with Gasteiger partial charge in [0.25, 0.3) is 5.91 Å². The number of ether oxygens (including phenoxy) is 2. The number of amides is 2. The van der Waals surface area contributed by atoms with Gasteiger partial charge in [0.1, 0.15) is 6.61 Å². The van der Waals surface area contributed by atoms with Crippen LogP contribution in [0.2, 0.25) is 18.6 Å². The third kappa shape index (κ3) is 2.83. The summed E-state index contributed by atoms with van der Waals surface area (Å²) in [6, 6.07) is 5.47. The summed E-state index contributed by atoms with van der Waals surface area (Å²) in [6.07, 6.45) is -0.458. The molecule has 0 radical (unpaired) electrons. The molecule has 2 fully saturated rings. The number of cyclic esters (lactones) is 1. The first-order valence-electron chi connectivity index (χ1n) is 10.0. The van der Waals surface area contributed by atoms with Gasteiger partial charge >= 0.3 is 6.09 Å². The Morgan fingerprint density at radius 2 is 2.03 bits per heavy atom. The molecule has 1 aromatic carbocycles. The maximum Gasteiger partial charge on any atom is 0.414 e. The number of rotatable bonds is 4. The van der Waals surface area contributed by atoms with Gasteiger partial charge in [-0.05, 0) is 37.7 Å². The summed E-state index contributed by atoms with van der Waals surface area (Å²) >= 11 is 0. The third-order valence-electron chi connectivity index (χ3n) is 6.58. The van der Waals surface area contributed by atoms with Crippen LogP contribution in [0.3, 0.4) is 0 Å². The van der Waals surface area contributed by atoms with Gasteiger partial charge in [-0.15, -0.1) is 0 Å². The molecule has 29 heavy (non-hydrogen) atoms. The van der Waals surface area contributed by atoms with Crippen LogP contribution in [-0.4, -0.2) is 63.1 Å². The Morgan fingerprint density at radius 3 is 2.62 bits per heavy atom. The fraction of sp³-hybridized carbons (Fsp3) is 0.600. The smallest absolute Gasteiger partial charge is 0.414 e. The highest BCUT2D eigenvalue weighted by molar-refractivity contribution is 6.71. The van der Waals surface area contributed by atoms with Crippen LogP contribution in [0.1, 0.15) is 18.9 Å². The zero-order chi connectivity index (χ0) is 21.1. The van der Waals surface area contributed by atoms with Gasteiger partial charge in [0.15, 0.2) is 13.9 Å². The van der Waals surface area contributed by atoms with Crippen molar-refractivity contribution in [2.24, 2.45) is 5.92 Å². The number of hydrogen-bond acceptors (Lipinski definition) is 6. The Balaban J connectivity index is 1.84. The van der Waals surface area contributed by atoms with Crippen molar-refractivity contribution in [2.45, 2.75) is 43.7 Å². The summed E-state index contributed by atoms with van der Waals surface area (Å²) < 4.78 is 11.5. The van der Waals surface area contributed by atoms with Gasteiger partial charge in [-0.2, -0.15) is 0 Å². The first kappa shape index (κ1) is 20.3. The number of aliphatic hydroxyl groups excluding tert-OH is 1. The SMILES string of the molecule is C[C@@H]1[C@@H]([Si](C)(C)O)[C@H](CCO)O[C@@]12C(=O)N(C)c1ccc(N3CCOC3=O)cc12. The highest BCUT2D eigenvalue weighted by Crippen LogP contribution is 2.59. The van der Waals surface area contributed by atoms with Crippen LogP contribution >= 0.6 is 0 Å². The lowest BCUT2D eigenvalue weighted by molar-refractivity contribution is -0.146. The molecule has 2 amide bonds. The summed E-state index contributed by atoms with van der Waals surface area (Å²) in [4.78, 5) is 39.6. The highest BCUT2D eigenvalue weighted by atomic mass is 28.4. The van der Waals surface area contributed by atoms with E-state index in [-0.39, 0.29) is 24.0 Å². The van der Waals surface area contributed by atoms with Crippen LogP contribution in [0.5, 0.6) is 0 Å². The topological polar surface area (TPSA) is 99.5 Å². The summed E-state index contributed by atoms with van der Waals surface area (Å²) in [6.45, 7) is 6.35. The van der Waals surface area contributed by atoms with Crippen LogP contribution in [0, 0.1) is 5.92 Å². The van der Waals surface area contributed by atoms with Gasteiger partial charge in [0.05, 0.1) is 18.3 Å². The zero-order valence-corrected chi connectivity index (χ0v) is 18.2. The van der Waals surface area contributed by atoms with Crippen molar-refractivity contribution >= 4 is 31.7 Å². The Kier molecular flexibility index (Phi) is 4.77. The van der Waals surface area contributed by atoms with E-state index in [0.29, 0.717) is 30.8 Å². The number of carbonyl (C=O) groups is 2. The number of carbonyl (C=O) groups excluding carboxylic acids is 2. The number of likely N-dealkylation sites (N-methyl/N-ethyl adjacent to an activating group) is 1. The molecule has 9 heteroatoms. The second-order valence-corrected chi connectivity index (χ2v) is 12.7. The molecule has 4 rings (SSSR count). The van der Waals surface area contributed by atoms with Gasteiger partial charge in [-0.3, -0.25) is 9.69 Å². The molecule has 2 saturated heterocycles.